The molecular weight excluding hydrogens is 450 g/mol. The second-order valence-corrected chi connectivity index (χ2v) is 7.16. The minimum Gasteiger partial charge on any atom is -0.477 e. The molecule has 0 aromatic heterocycles. The number of esters is 1. The van der Waals surface area contributed by atoms with E-state index in [-0.39, 0.29) is 17.0 Å². The Morgan fingerprint density at radius 1 is 1.12 bits per heavy atom. The summed E-state index contributed by atoms with van der Waals surface area (Å²) in [6.45, 7) is 1.27. The van der Waals surface area contributed by atoms with Crippen molar-refractivity contribution in [3.05, 3.63) is 98.6 Å². The first-order chi connectivity index (χ1) is 15.8. The van der Waals surface area contributed by atoms with Gasteiger partial charge in [-0.3, -0.25) is 14.9 Å². The Balaban J connectivity index is 1.50. The fraction of sp³-hybridized carbons (Fsp3) is 0.0870. The third kappa shape index (κ3) is 6.62. The third-order valence-electron chi connectivity index (χ3n) is 4.26. The number of hydrazone groups is 1. The van der Waals surface area contributed by atoms with Crippen molar-refractivity contribution >= 4 is 35.4 Å². The highest BCUT2D eigenvalue weighted by Crippen LogP contribution is 2.27. The van der Waals surface area contributed by atoms with E-state index in [0.29, 0.717) is 21.9 Å². The molecule has 3 aromatic carbocycles. The quantitative estimate of drug-likeness (QED) is 0.173. The van der Waals surface area contributed by atoms with E-state index in [1.165, 1.54) is 18.3 Å². The predicted octanol–water partition coefficient (Wildman–Crippen LogP) is 4.30. The number of nitrogens with zero attached hydrogens (tertiary/aromatic N) is 2. The number of nitrogens with one attached hydrogen (secondary N) is 1. The molecule has 1 N–H and O–H groups in total. The van der Waals surface area contributed by atoms with E-state index in [1.54, 1.807) is 61.5 Å². The average molecular weight is 468 g/mol. The molecular formula is C23H18ClN3O6. The molecule has 33 heavy (non-hydrogen) atoms. The van der Waals surface area contributed by atoms with Crippen LogP contribution >= 0.6 is 11.6 Å². The lowest BCUT2D eigenvalue weighted by molar-refractivity contribution is -0.385. The average Bonchev–Trinajstić information content (AvgIpc) is 2.79. The summed E-state index contributed by atoms with van der Waals surface area (Å²) in [6, 6.07) is 17.4. The van der Waals surface area contributed by atoms with Crippen LogP contribution in [0.3, 0.4) is 0 Å². The highest BCUT2D eigenvalue weighted by atomic mass is 35.5. The molecule has 0 fully saturated rings. The molecule has 9 nitrogen and oxygen atoms in total. The van der Waals surface area contributed by atoms with Crippen molar-refractivity contribution in [1.29, 1.82) is 0 Å². The molecule has 0 heterocycles. The Morgan fingerprint density at radius 2 is 1.85 bits per heavy atom. The number of ether oxygens (including phenoxy) is 2. The van der Waals surface area contributed by atoms with Crippen molar-refractivity contribution in [3.63, 3.8) is 0 Å². The molecule has 1 amide bonds. The van der Waals surface area contributed by atoms with Crippen molar-refractivity contribution in [3.8, 4) is 11.5 Å². The molecule has 0 unspecified atom stereocenters. The van der Waals surface area contributed by atoms with E-state index >= 15 is 0 Å². The summed E-state index contributed by atoms with van der Waals surface area (Å²) in [7, 11) is 0. The van der Waals surface area contributed by atoms with Crippen molar-refractivity contribution < 1.29 is 24.0 Å². The molecule has 10 heteroatoms. The van der Waals surface area contributed by atoms with Gasteiger partial charge in [-0.05, 0) is 60.5 Å². The number of carbonyl (C=O) groups is 2. The van der Waals surface area contributed by atoms with Gasteiger partial charge in [0.2, 0.25) is 0 Å². The molecule has 0 aliphatic carbocycles. The highest BCUT2D eigenvalue weighted by Gasteiger charge is 2.16. The van der Waals surface area contributed by atoms with Crippen LogP contribution < -0.4 is 14.9 Å². The highest BCUT2D eigenvalue weighted by molar-refractivity contribution is 6.33. The molecule has 0 spiro atoms. The molecule has 3 aromatic rings. The number of nitro benzene ring substituents is 1. The minimum atomic E-state index is -0.591. The smallest absolute Gasteiger partial charge is 0.345 e. The van der Waals surface area contributed by atoms with Gasteiger partial charge in [0, 0.05) is 6.07 Å². The summed E-state index contributed by atoms with van der Waals surface area (Å²) in [5, 5.41) is 15.2. The van der Waals surface area contributed by atoms with Crippen molar-refractivity contribution in [1.82, 2.24) is 5.43 Å². The minimum absolute atomic E-state index is 0.00773. The van der Waals surface area contributed by atoms with Crippen LogP contribution in [0, 0.1) is 17.0 Å². The second kappa shape index (κ2) is 10.9. The topological polar surface area (TPSA) is 120 Å². The lowest BCUT2D eigenvalue weighted by atomic mass is 10.2. The zero-order valence-electron chi connectivity index (χ0n) is 17.4. The molecule has 0 bridgehead atoms. The van der Waals surface area contributed by atoms with Crippen LogP contribution in [0.1, 0.15) is 21.5 Å². The first kappa shape index (κ1) is 23.4. The first-order valence-corrected chi connectivity index (χ1v) is 9.98. The van der Waals surface area contributed by atoms with Crippen molar-refractivity contribution in [2.75, 3.05) is 6.61 Å². The summed E-state index contributed by atoms with van der Waals surface area (Å²) < 4.78 is 10.5. The van der Waals surface area contributed by atoms with Gasteiger partial charge in [-0.15, -0.1) is 0 Å². The SMILES string of the molecule is Cc1ccc(OCC(=O)NN=Cc2ccc(OC(=O)c3ccccc3Cl)cc2)c([N+](=O)[O-])c1. The lowest BCUT2D eigenvalue weighted by Gasteiger charge is -2.06. The largest absolute Gasteiger partial charge is 0.477 e. The van der Waals surface area contributed by atoms with Crippen LogP contribution in [-0.4, -0.2) is 29.6 Å². The van der Waals surface area contributed by atoms with Gasteiger partial charge in [-0.2, -0.15) is 5.10 Å². The maximum Gasteiger partial charge on any atom is 0.345 e. The molecule has 0 atom stereocenters. The third-order valence-corrected chi connectivity index (χ3v) is 4.59. The van der Waals surface area contributed by atoms with Crippen molar-refractivity contribution in [2.45, 2.75) is 6.92 Å². The summed E-state index contributed by atoms with van der Waals surface area (Å²) in [5.41, 5.74) is 3.64. The van der Waals surface area contributed by atoms with E-state index < -0.39 is 23.4 Å². The number of rotatable bonds is 8. The number of hydrogen-bond donors (Lipinski definition) is 1. The van der Waals surface area contributed by atoms with Gasteiger partial charge >= 0.3 is 11.7 Å². The zero-order valence-corrected chi connectivity index (χ0v) is 18.1. The maximum absolute atomic E-state index is 12.2. The normalized spacial score (nSPS) is 10.6. The predicted molar refractivity (Wildman–Crippen MR) is 122 cm³/mol. The van der Waals surface area contributed by atoms with E-state index in [2.05, 4.69) is 10.5 Å². The molecule has 0 aliphatic rings. The Morgan fingerprint density at radius 3 is 2.55 bits per heavy atom. The number of halogens is 1. The Bertz CT molecular complexity index is 1210. The number of aryl methyl sites for hydroxylation is 1. The van der Waals surface area contributed by atoms with Gasteiger partial charge in [0.15, 0.2) is 12.4 Å². The van der Waals surface area contributed by atoms with Gasteiger partial charge in [0.25, 0.3) is 5.91 Å². The van der Waals surface area contributed by atoms with E-state index in [4.69, 9.17) is 21.1 Å². The van der Waals surface area contributed by atoms with E-state index in [9.17, 15) is 19.7 Å². The van der Waals surface area contributed by atoms with Crippen molar-refractivity contribution in [2.24, 2.45) is 5.10 Å². The van der Waals surface area contributed by atoms with E-state index in [0.717, 1.165) is 0 Å². The number of amides is 1. The van der Waals surface area contributed by atoms with Crippen LogP contribution in [-0.2, 0) is 4.79 Å². The number of carbonyl (C=O) groups excluding carboxylic acids is 2. The first-order valence-electron chi connectivity index (χ1n) is 9.60. The lowest BCUT2D eigenvalue weighted by Crippen LogP contribution is -2.24. The Labute approximate surface area is 193 Å². The monoisotopic (exact) mass is 467 g/mol. The van der Waals surface area contributed by atoms with E-state index in [1.807, 2.05) is 0 Å². The van der Waals surface area contributed by atoms with Crippen LogP contribution in [0.4, 0.5) is 5.69 Å². The maximum atomic E-state index is 12.2. The fourth-order valence-electron chi connectivity index (χ4n) is 2.66. The van der Waals surface area contributed by atoms with Crippen LogP contribution in [0.2, 0.25) is 5.02 Å². The molecule has 0 saturated heterocycles. The number of nitro groups is 1. The van der Waals surface area contributed by atoms with Gasteiger partial charge in [-0.25, -0.2) is 10.2 Å². The van der Waals surface area contributed by atoms with Gasteiger partial charge in [0.05, 0.1) is 21.7 Å². The van der Waals surface area contributed by atoms with Crippen LogP contribution in [0.15, 0.2) is 71.8 Å². The Kier molecular flexibility index (Phi) is 7.72. The van der Waals surface area contributed by atoms with Gasteiger partial charge in [-0.1, -0.05) is 29.8 Å². The number of benzene rings is 3. The summed E-state index contributed by atoms with van der Waals surface area (Å²) in [6.07, 6.45) is 1.38. The standard InChI is InChI=1S/C23H18ClN3O6/c1-15-6-11-21(20(12-15)27(30)31)32-14-22(28)26-25-13-16-7-9-17(10-8-16)33-23(29)18-4-2-3-5-19(18)24/h2-13H,14H2,1H3,(H,26,28). The second-order valence-electron chi connectivity index (χ2n) is 6.75. The fourth-order valence-corrected chi connectivity index (χ4v) is 2.87. The van der Waals surface area contributed by atoms with Crippen LogP contribution in [0.5, 0.6) is 11.5 Å². The Hall–Kier alpha value is -4.24. The summed E-state index contributed by atoms with van der Waals surface area (Å²) in [4.78, 5) is 34.6. The zero-order chi connectivity index (χ0) is 23.8. The molecule has 3 rings (SSSR count). The summed E-state index contributed by atoms with van der Waals surface area (Å²) >= 11 is 5.99. The molecule has 0 saturated carbocycles. The van der Waals surface area contributed by atoms with Gasteiger partial charge in [0.1, 0.15) is 5.75 Å². The van der Waals surface area contributed by atoms with Gasteiger partial charge < -0.3 is 9.47 Å². The molecule has 168 valence electrons. The molecule has 0 aliphatic heterocycles. The number of hydrogen-bond acceptors (Lipinski definition) is 7. The van der Waals surface area contributed by atoms with Crippen LogP contribution in [0.25, 0.3) is 0 Å². The summed E-state index contributed by atoms with van der Waals surface area (Å²) in [5.74, 6) is -0.865. The molecule has 0 radical (unpaired) electrons.